The number of rotatable bonds is 6. The molecule has 1 amide bonds. The lowest BCUT2D eigenvalue weighted by atomic mass is 10.1. The average molecular weight is 507 g/mol. The maximum absolute atomic E-state index is 13.7. The zero-order valence-electron chi connectivity index (χ0n) is 17.8. The van der Waals surface area contributed by atoms with Gasteiger partial charge in [-0.3, -0.25) is 14.9 Å². The number of nitrogens with one attached hydrogen (secondary N) is 1. The lowest BCUT2D eigenvalue weighted by molar-refractivity contribution is -0.141. The van der Waals surface area contributed by atoms with E-state index in [1.54, 1.807) is 30.3 Å². The Bertz CT molecular complexity index is 1330. The molecule has 1 N–H and O–H groups in total. The number of alkyl halides is 3. The van der Waals surface area contributed by atoms with Crippen molar-refractivity contribution in [2.45, 2.75) is 19.3 Å². The number of benzene rings is 2. The smallest absolute Gasteiger partial charge is 0.330 e. The second-order valence-electron chi connectivity index (χ2n) is 7.63. The molecule has 0 aliphatic carbocycles. The first-order chi connectivity index (χ1) is 16.6. The van der Waals surface area contributed by atoms with Crippen molar-refractivity contribution in [1.29, 1.82) is 0 Å². The normalized spacial score (nSPS) is 11.5. The van der Waals surface area contributed by atoms with Crippen LogP contribution in [0.5, 0.6) is 0 Å². The summed E-state index contributed by atoms with van der Waals surface area (Å²) < 4.78 is 65.9. The van der Waals surface area contributed by atoms with Gasteiger partial charge in [-0.25, -0.2) is 8.78 Å². The minimum atomic E-state index is -4.57. The van der Waals surface area contributed by atoms with Crippen LogP contribution in [0, 0.1) is 11.6 Å². The fraction of sp³-hybridized carbons (Fsp3) is 0.125. The first-order valence-electron chi connectivity index (χ1n) is 10.2. The van der Waals surface area contributed by atoms with E-state index in [4.69, 9.17) is 11.6 Å². The molecular formula is C24H16ClF5N4O. The number of carbonyl (C=O) groups is 1. The molecule has 0 fully saturated rings. The van der Waals surface area contributed by atoms with Crippen molar-refractivity contribution in [3.63, 3.8) is 0 Å². The molecule has 5 nitrogen and oxygen atoms in total. The lowest BCUT2D eigenvalue weighted by Gasteiger charge is -2.24. The van der Waals surface area contributed by atoms with Crippen LogP contribution in [0.3, 0.4) is 0 Å². The quantitative estimate of drug-likeness (QED) is 0.314. The van der Waals surface area contributed by atoms with Crippen LogP contribution in [0.4, 0.5) is 22.0 Å². The molecule has 4 rings (SSSR count). The molecule has 35 heavy (non-hydrogen) atoms. The SMILES string of the molecule is O=C(c1cc(F)cc(F)c1)N(Cc1ccc(-c2cc(C(F)(F)F)[nH]n2)nc1)Cc1ccccc1Cl. The van der Waals surface area contributed by atoms with Crippen LogP contribution in [0.2, 0.25) is 5.02 Å². The van der Waals surface area contributed by atoms with E-state index >= 15 is 0 Å². The first-order valence-corrected chi connectivity index (χ1v) is 10.5. The van der Waals surface area contributed by atoms with Gasteiger partial charge in [0.15, 0.2) is 0 Å². The van der Waals surface area contributed by atoms with Gasteiger partial charge in [-0.2, -0.15) is 18.3 Å². The van der Waals surface area contributed by atoms with E-state index in [0.29, 0.717) is 22.2 Å². The Morgan fingerprint density at radius 3 is 2.26 bits per heavy atom. The van der Waals surface area contributed by atoms with Crippen LogP contribution in [0.1, 0.15) is 27.2 Å². The number of pyridine rings is 1. The van der Waals surface area contributed by atoms with Crippen molar-refractivity contribution in [3.05, 3.63) is 106 Å². The second-order valence-corrected chi connectivity index (χ2v) is 8.03. The largest absolute Gasteiger partial charge is 0.432 e. The van der Waals surface area contributed by atoms with Crippen LogP contribution in [-0.2, 0) is 19.3 Å². The molecule has 2 aromatic carbocycles. The molecule has 0 unspecified atom stereocenters. The molecule has 2 heterocycles. The molecule has 180 valence electrons. The Morgan fingerprint density at radius 2 is 1.66 bits per heavy atom. The van der Waals surface area contributed by atoms with Gasteiger partial charge in [0.05, 0.1) is 5.69 Å². The minimum absolute atomic E-state index is 0.00288. The zero-order valence-corrected chi connectivity index (χ0v) is 18.5. The van der Waals surface area contributed by atoms with E-state index in [9.17, 15) is 26.7 Å². The van der Waals surface area contributed by atoms with Crippen LogP contribution < -0.4 is 0 Å². The van der Waals surface area contributed by atoms with Crippen LogP contribution in [-0.4, -0.2) is 26.0 Å². The number of hydrogen-bond acceptors (Lipinski definition) is 3. The summed E-state index contributed by atoms with van der Waals surface area (Å²) in [6.45, 7) is 0.0243. The summed E-state index contributed by atoms with van der Waals surface area (Å²) in [7, 11) is 0. The molecule has 2 aromatic heterocycles. The van der Waals surface area contributed by atoms with Gasteiger partial charge in [0.1, 0.15) is 23.0 Å². The Kier molecular flexibility index (Phi) is 6.83. The highest BCUT2D eigenvalue weighted by atomic mass is 35.5. The number of amides is 1. The summed E-state index contributed by atoms with van der Waals surface area (Å²) in [5.74, 6) is -2.43. The molecule has 0 aliphatic rings. The summed E-state index contributed by atoms with van der Waals surface area (Å²) >= 11 is 6.23. The van der Waals surface area contributed by atoms with Gasteiger partial charge in [-0.05, 0) is 41.5 Å². The lowest BCUT2D eigenvalue weighted by Crippen LogP contribution is -2.30. The molecule has 0 saturated heterocycles. The molecule has 0 saturated carbocycles. The predicted molar refractivity (Wildman–Crippen MR) is 118 cm³/mol. The highest BCUT2D eigenvalue weighted by Gasteiger charge is 2.33. The molecule has 11 heteroatoms. The fourth-order valence-electron chi connectivity index (χ4n) is 3.38. The third-order valence-electron chi connectivity index (χ3n) is 5.06. The van der Waals surface area contributed by atoms with Crippen molar-refractivity contribution in [2.75, 3.05) is 0 Å². The maximum Gasteiger partial charge on any atom is 0.432 e. The molecule has 0 aliphatic heterocycles. The van der Waals surface area contributed by atoms with E-state index < -0.39 is 29.4 Å². The van der Waals surface area contributed by atoms with Crippen molar-refractivity contribution in [3.8, 4) is 11.4 Å². The minimum Gasteiger partial charge on any atom is -0.330 e. The van der Waals surface area contributed by atoms with Gasteiger partial charge in [-0.1, -0.05) is 35.9 Å². The van der Waals surface area contributed by atoms with Crippen LogP contribution >= 0.6 is 11.6 Å². The first kappa shape index (κ1) is 24.3. The summed E-state index contributed by atoms with van der Waals surface area (Å²) in [6.07, 6.45) is -3.18. The van der Waals surface area contributed by atoms with Gasteiger partial charge in [0, 0.05) is 35.9 Å². The molecule has 0 atom stereocenters. The monoisotopic (exact) mass is 506 g/mol. The standard InChI is InChI=1S/C24H16ClF5N4O/c25-19-4-2-1-3-15(19)13-34(23(35)16-7-17(26)9-18(27)8-16)12-14-5-6-20(31-11-14)21-10-22(33-32-21)24(28,29)30/h1-11H,12-13H2,(H,32,33). The highest BCUT2D eigenvalue weighted by Crippen LogP contribution is 2.30. The Labute approximate surface area is 201 Å². The Morgan fingerprint density at radius 1 is 0.943 bits per heavy atom. The Balaban J connectivity index is 1.60. The summed E-state index contributed by atoms with van der Waals surface area (Å²) in [6, 6.07) is 13.2. The number of carbonyl (C=O) groups excluding carboxylic acids is 1. The van der Waals surface area contributed by atoms with Crippen molar-refractivity contribution < 1.29 is 26.7 Å². The zero-order chi connectivity index (χ0) is 25.2. The van der Waals surface area contributed by atoms with Gasteiger partial charge < -0.3 is 4.90 Å². The van der Waals surface area contributed by atoms with E-state index in [-0.39, 0.29) is 30.0 Å². The van der Waals surface area contributed by atoms with Crippen molar-refractivity contribution in [1.82, 2.24) is 20.1 Å². The average Bonchev–Trinajstić information content (AvgIpc) is 3.30. The van der Waals surface area contributed by atoms with E-state index in [1.165, 1.54) is 17.2 Å². The van der Waals surface area contributed by atoms with Gasteiger partial charge in [-0.15, -0.1) is 0 Å². The number of aromatic amines is 1. The summed E-state index contributed by atoms with van der Waals surface area (Å²) in [4.78, 5) is 18.6. The summed E-state index contributed by atoms with van der Waals surface area (Å²) in [5.41, 5.74) is 0.144. The molecule has 0 bridgehead atoms. The number of aromatic nitrogens is 3. The van der Waals surface area contributed by atoms with E-state index in [2.05, 4.69) is 10.1 Å². The third kappa shape index (κ3) is 5.83. The van der Waals surface area contributed by atoms with Gasteiger partial charge in [0.25, 0.3) is 5.91 Å². The van der Waals surface area contributed by atoms with Crippen molar-refractivity contribution >= 4 is 17.5 Å². The topological polar surface area (TPSA) is 61.9 Å². The summed E-state index contributed by atoms with van der Waals surface area (Å²) in [5, 5.41) is 5.97. The highest BCUT2D eigenvalue weighted by molar-refractivity contribution is 6.31. The number of nitrogens with zero attached hydrogens (tertiary/aromatic N) is 3. The third-order valence-corrected chi connectivity index (χ3v) is 5.43. The van der Waals surface area contributed by atoms with Crippen LogP contribution in [0.25, 0.3) is 11.4 Å². The van der Waals surface area contributed by atoms with Gasteiger partial charge in [0.2, 0.25) is 0 Å². The van der Waals surface area contributed by atoms with Crippen LogP contribution in [0.15, 0.2) is 66.9 Å². The maximum atomic E-state index is 13.7. The Hall–Kier alpha value is -3.79. The van der Waals surface area contributed by atoms with Crippen molar-refractivity contribution in [2.24, 2.45) is 0 Å². The van der Waals surface area contributed by atoms with Gasteiger partial charge >= 0.3 is 6.18 Å². The molecule has 4 aromatic rings. The fourth-order valence-corrected chi connectivity index (χ4v) is 3.58. The molecular weight excluding hydrogens is 491 g/mol. The van der Waals surface area contributed by atoms with E-state index in [0.717, 1.165) is 18.2 Å². The number of hydrogen-bond donors (Lipinski definition) is 1. The second kappa shape index (κ2) is 9.83. The predicted octanol–water partition coefficient (Wildman–Crippen LogP) is 6.26. The van der Waals surface area contributed by atoms with E-state index in [1.807, 2.05) is 5.10 Å². The molecule has 0 spiro atoms. The molecule has 0 radical (unpaired) electrons. The number of H-pyrrole nitrogens is 1. The number of halogens is 6.